The van der Waals surface area contributed by atoms with Gasteiger partial charge in [-0.05, 0) is 25.1 Å². The summed E-state index contributed by atoms with van der Waals surface area (Å²) < 4.78 is 5.31. The summed E-state index contributed by atoms with van der Waals surface area (Å²) in [6.45, 7) is 5.86. The average molecular weight is 236 g/mol. The first-order chi connectivity index (χ1) is 8.36. The highest BCUT2D eigenvalue weighted by Gasteiger charge is 2.09. The molecule has 1 aromatic heterocycles. The lowest BCUT2D eigenvalue weighted by atomic mass is 10.3. The molecule has 3 N–H and O–H groups in total. The first kappa shape index (κ1) is 12.1. The van der Waals surface area contributed by atoms with E-state index < -0.39 is 0 Å². The number of ether oxygens (including phenoxy) is 1. The Morgan fingerprint density at radius 1 is 1.41 bits per heavy atom. The molecular weight excluding hydrogens is 216 g/mol. The van der Waals surface area contributed by atoms with E-state index >= 15 is 0 Å². The molecule has 0 amide bonds. The van der Waals surface area contributed by atoms with E-state index in [1.165, 1.54) is 0 Å². The molecule has 2 rings (SSSR count). The van der Waals surface area contributed by atoms with Gasteiger partial charge in [-0.15, -0.1) is 0 Å². The van der Waals surface area contributed by atoms with Crippen LogP contribution in [0.3, 0.4) is 0 Å². The largest absolute Gasteiger partial charge is 0.382 e. The number of pyridine rings is 1. The number of aromatic nitrogens is 1. The summed E-state index contributed by atoms with van der Waals surface area (Å²) in [5.41, 5.74) is 6.67. The molecule has 1 aromatic rings. The van der Waals surface area contributed by atoms with E-state index in [0.717, 1.165) is 51.5 Å². The Morgan fingerprint density at radius 3 is 3.00 bits per heavy atom. The Hall–Kier alpha value is -1.33. The van der Waals surface area contributed by atoms with Crippen molar-refractivity contribution < 1.29 is 4.74 Å². The Labute approximate surface area is 102 Å². The van der Waals surface area contributed by atoms with E-state index in [1.807, 2.05) is 12.1 Å². The Kier molecular flexibility index (Phi) is 4.58. The summed E-state index contributed by atoms with van der Waals surface area (Å²) >= 11 is 0. The number of nitrogens with one attached hydrogen (secondary N) is 1. The van der Waals surface area contributed by atoms with E-state index in [9.17, 15) is 0 Å². The van der Waals surface area contributed by atoms with Crippen molar-refractivity contribution in [3.8, 4) is 0 Å². The molecular formula is C12H20N4O. The van der Waals surface area contributed by atoms with Crippen molar-refractivity contribution in [2.45, 2.75) is 6.42 Å². The number of nitrogens with zero attached hydrogens (tertiary/aromatic N) is 2. The number of hydrogen-bond donors (Lipinski definition) is 2. The van der Waals surface area contributed by atoms with Crippen molar-refractivity contribution in [3.63, 3.8) is 0 Å². The normalized spacial score (nSPS) is 16.9. The predicted molar refractivity (Wildman–Crippen MR) is 69.0 cm³/mol. The van der Waals surface area contributed by atoms with Crippen LogP contribution >= 0.6 is 0 Å². The lowest BCUT2D eigenvalue weighted by Crippen LogP contribution is -2.37. The van der Waals surface area contributed by atoms with Gasteiger partial charge in [0.15, 0.2) is 0 Å². The van der Waals surface area contributed by atoms with Gasteiger partial charge in [0, 0.05) is 25.8 Å². The molecule has 1 saturated heterocycles. The van der Waals surface area contributed by atoms with Crippen LogP contribution in [0.4, 0.5) is 11.5 Å². The fourth-order valence-electron chi connectivity index (χ4n) is 1.92. The smallest absolute Gasteiger partial charge is 0.146 e. The third-order valence-corrected chi connectivity index (χ3v) is 2.91. The van der Waals surface area contributed by atoms with Gasteiger partial charge in [0.2, 0.25) is 0 Å². The molecule has 1 fully saturated rings. The molecule has 0 aliphatic carbocycles. The maximum absolute atomic E-state index is 5.75. The van der Waals surface area contributed by atoms with Gasteiger partial charge in [-0.25, -0.2) is 4.98 Å². The van der Waals surface area contributed by atoms with Crippen LogP contribution in [0.25, 0.3) is 0 Å². The molecule has 94 valence electrons. The SMILES string of the molecule is Nc1ncccc1NCCCN1CCOCC1. The van der Waals surface area contributed by atoms with Crippen LogP contribution in [-0.4, -0.2) is 49.3 Å². The van der Waals surface area contributed by atoms with Crippen molar-refractivity contribution >= 4 is 11.5 Å². The number of rotatable bonds is 5. The summed E-state index contributed by atoms with van der Waals surface area (Å²) in [7, 11) is 0. The van der Waals surface area contributed by atoms with E-state index in [2.05, 4.69) is 15.2 Å². The average Bonchev–Trinajstić information content (AvgIpc) is 2.38. The summed E-state index contributed by atoms with van der Waals surface area (Å²) in [6, 6.07) is 3.84. The molecule has 0 aromatic carbocycles. The minimum absolute atomic E-state index is 0.568. The highest BCUT2D eigenvalue weighted by atomic mass is 16.5. The van der Waals surface area contributed by atoms with Crippen LogP contribution in [0.1, 0.15) is 6.42 Å². The number of hydrogen-bond acceptors (Lipinski definition) is 5. The topological polar surface area (TPSA) is 63.4 Å². The van der Waals surface area contributed by atoms with Crippen molar-refractivity contribution in [1.29, 1.82) is 0 Å². The van der Waals surface area contributed by atoms with E-state index in [-0.39, 0.29) is 0 Å². The molecule has 2 heterocycles. The van der Waals surface area contributed by atoms with Crippen molar-refractivity contribution in [2.75, 3.05) is 50.4 Å². The second kappa shape index (κ2) is 6.42. The second-order valence-electron chi connectivity index (χ2n) is 4.17. The predicted octanol–water partition coefficient (Wildman–Crippen LogP) is 0.798. The van der Waals surface area contributed by atoms with Crippen LogP contribution in [0, 0.1) is 0 Å². The molecule has 5 nitrogen and oxygen atoms in total. The standard InChI is InChI=1S/C12H20N4O/c13-12-11(3-1-4-15-12)14-5-2-6-16-7-9-17-10-8-16/h1,3-4,14H,2,5-10H2,(H2,13,15). The summed E-state index contributed by atoms with van der Waals surface area (Å²) in [5.74, 6) is 0.568. The lowest BCUT2D eigenvalue weighted by molar-refractivity contribution is 0.0378. The van der Waals surface area contributed by atoms with Gasteiger partial charge in [0.25, 0.3) is 0 Å². The van der Waals surface area contributed by atoms with Gasteiger partial charge in [-0.1, -0.05) is 0 Å². The van der Waals surface area contributed by atoms with Crippen LogP contribution in [0.15, 0.2) is 18.3 Å². The fourth-order valence-corrected chi connectivity index (χ4v) is 1.92. The lowest BCUT2D eigenvalue weighted by Gasteiger charge is -2.26. The van der Waals surface area contributed by atoms with Crippen LogP contribution in [-0.2, 0) is 4.74 Å². The highest BCUT2D eigenvalue weighted by molar-refractivity contribution is 5.60. The monoisotopic (exact) mass is 236 g/mol. The van der Waals surface area contributed by atoms with Crippen molar-refractivity contribution in [1.82, 2.24) is 9.88 Å². The van der Waals surface area contributed by atoms with Gasteiger partial charge in [0.1, 0.15) is 5.82 Å². The number of morpholine rings is 1. The summed E-state index contributed by atoms with van der Waals surface area (Å²) in [4.78, 5) is 6.46. The zero-order chi connectivity index (χ0) is 11.9. The molecule has 0 radical (unpaired) electrons. The Bertz CT molecular complexity index is 339. The van der Waals surface area contributed by atoms with Crippen molar-refractivity contribution in [3.05, 3.63) is 18.3 Å². The third kappa shape index (κ3) is 3.87. The quantitative estimate of drug-likeness (QED) is 0.740. The molecule has 1 aliphatic rings. The molecule has 5 heteroatoms. The summed E-state index contributed by atoms with van der Waals surface area (Å²) in [5, 5.41) is 3.31. The Balaban J connectivity index is 1.64. The highest BCUT2D eigenvalue weighted by Crippen LogP contribution is 2.13. The summed E-state index contributed by atoms with van der Waals surface area (Å²) in [6.07, 6.45) is 2.81. The van der Waals surface area contributed by atoms with Crippen LogP contribution in [0.2, 0.25) is 0 Å². The zero-order valence-corrected chi connectivity index (χ0v) is 10.1. The van der Waals surface area contributed by atoms with Gasteiger partial charge in [-0.2, -0.15) is 0 Å². The minimum Gasteiger partial charge on any atom is -0.382 e. The van der Waals surface area contributed by atoms with E-state index in [4.69, 9.17) is 10.5 Å². The zero-order valence-electron chi connectivity index (χ0n) is 10.1. The first-order valence-corrected chi connectivity index (χ1v) is 6.11. The molecule has 1 aliphatic heterocycles. The Morgan fingerprint density at radius 2 is 2.24 bits per heavy atom. The van der Waals surface area contributed by atoms with Gasteiger partial charge < -0.3 is 15.8 Å². The third-order valence-electron chi connectivity index (χ3n) is 2.91. The maximum atomic E-state index is 5.75. The molecule has 0 bridgehead atoms. The van der Waals surface area contributed by atoms with Gasteiger partial charge >= 0.3 is 0 Å². The van der Waals surface area contributed by atoms with E-state index in [1.54, 1.807) is 6.20 Å². The number of nitrogens with two attached hydrogens (primary N) is 1. The van der Waals surface area contributed by atoms with Gasteiger partial charge in [-0.3, -0.25) is 4.90 Å². The number of anilines is 2. The number of nitrogen functional groups attached to an aromatic ring is 1. The maximum Gasteiger partial charge on any atom is 0.146 e. The molecule has 17 heavy (non-hydrogen) atoms. The van der Waals surface area contributed by atoms with Crippen LogP contribution < -0.4 is 11.1 Å². The molecule has 0 unspecified atom stereocenters. The van der Waals surface area contributed by atoms with Crippen molar-refractivity contribution in [2.24, 2.45) is 0 Å². The molecule has 0 spiro atoms. The van der Waals surface area contributed by atoms with Gasteiger partial charge in [0.05, 0.1) is 18.9 Å². The fraction of sp³-hybridized carbons (Fsp3) is 0.583. The molecule has 0 saturated carbocycles. The molecule has 0 atom stereocenters. The minimum atomic E-state index is 0.568. The van der Waals surface area contributed by atoms with E-state index in [0.29, 0.717) is 5.82 Å². The first-order valence-electron chi connectivity index (χ1n) is 6.11. The second-order valence-corrected chi connectivity index (χ2v) is 4.17. The van der Waals surface area contributed by atoms with Crippen LogP contribution in [0.5, 0.6) is 0 Å².